The fourth-order valence-corrected chi connectivity index (χ4v) is 1.91. The molecule has 0 aliphatic heterocycles. The van der Waals surface area contributed by atoms with E-state index >= 15 is 0 Å². The fraction of sp³-hybridized carbons (Fsp3) is 0.286. The average Bonchev–Trinajstić information content (AvgIpc) is 2.44. The first-order valence-electron chi connectivity index (χ1n) is 6.48. The maximum absolute atomic E-state index is 5.98. The molecule has 2 N–H and O–H groups in total. The lowest BCUT2D eigenvalue weighted by molar-refractivity contribution is 0.826. The van der Waals surface area contributed by atoms with Crippen LogP contribution in [0.4, 0.5) is 17.5 Å². The smallest absolute Gasteiger partial charge is 0.224 e. The zero-order chi connectivity index (χ0) is 14.4. The Morgan fingerprint density at radius 3 is 2.75 bits per heavy atom. The summed E-state index contributed by atoms with van der Waals surface area (Å²) in [5, 5.41) is 7.39. The van der Waals surface area contributed by atoms with Gasteiger partial charge in [-0.25, -0.2) is 4.98 Å². The predicted octanol–water partition coefficient (Wildman–Crippen LogP) is 4.74. The predicted molar refractivity (Wildman–Crippen MR) is 85.2 cm³/mol. The number of anilines is 3. The minimum atomic E-state index is 0.506. The SMILES string of the molecule is CCCCNc1nccc(Nc2ccc(Cl)c(Cl)c2)n1. The highest BCUT2D eigenvalue weighted by Gasteiger charge is 2.02. The van der Waals surface area contributed by atoms with Crippen LogP contribution in [0.25, 0.3) is 0 Å². The van der Waals surface area contributed by atoms with Crippen LogP contribution >= 0.6 is 23.2 Å². The molecule has 0 amide bonds. The highest BCUT2D eigenvalue weighted by Crippen LogP contribution is 2.26. The second kappa shape index (κ2) is 7.31. The zero-order valence-corrected chi connectivity index (χ0v) is 12.7. The summed E-state index contributed by atoms with van der Waals surface area (Å²) in [5.74, 6) is 1.32. The van der Waals surface area contributed by atoms with E-state index in [9.17, 15) is 0 Å². The van der Waals surface area contributed by atoms with E-state index in [2.05, 4.69) is 27.5 Å². The van der Waals surface area contributed by atoms with Crippen molar-refractivity contribution in [3.63, 3.8) is 0 Å². The van der Waals surface area contributed by atoms with Crippen LogP contribution in [0, 0.1) is 0 Å². The van der Waals surface area contributed by atoms with Gasteiger partial charge in [0.1, 0.15) is 5.82 Å². The Bertz CT molecular complexity index is 575. The lowest BCUT2D eigenvalue weighted by Gasteiger charge is -2.08. The summed E-state index contributed by atoms with van der Waals surface area (Å²) in [6.45, 7) is 3.01. The molecule has 0 radical (unpaired) electrons. The largest absolute Gasteiger partial charge is 0.354 e. The standard InChI is InChI=1S/C14H16Cl2N4/c1-2-3-7-17-14-18-8-6-13(20-14)19-10-4-5-11(15)12(16)9-10/h4-6,8-9H,2-3,7H2,1H3,(H2,17,18,19,20). The topological polar surface area (TPSA) is 49.8 Å². The third kappa shape index (κ3) is 4.25. The van der Waals surface area contributed by atoms with Crippen LogP contribution in [-0.2, 0) is 0 Å². The Balaban J connectivity index is 2.05. The van der Waals surface area contributed by atoms with Crippen LogP contribution in [0.15, 0.2) is 30.5 Å². The lowest BCUT2D eigenvalue weighted by atomic mass is 10.3. The molecule has 0 saturated heterocycles. The molecule has 4 nitrogen and oxygen atoms in total. The summed E-state index contributed by atoms with van der Waals surface area (Å²) in [6.07, 6.45) is 3.93. The van der Waals surface area contributed by atoms with E-state index in [0.29, 0.717) is 21.8 Å². The number of unbranched alkanes of at least 4 members (excludes halogenated alkanes) is 1. The van der Waals surface area contributed by atoms with E-state index in [-0.39, 0.29) is 0 Å². The molecule has 2 rings (SSSR count). The van der Waals surface area contributed by atoms with Gasteiger partial charge in [-0.3, -0.25) is 0 Å². The summed E-state index contributed by atoms with van der Waals surface area (Å²) in [7, 11) is 0. The molecule has 1 heterocycles. The summed E-state index contributed by atoms with van der Waals surface area (Å²) in [6, 6.07) is 7.15. The van der Waals surface area contributed by atoms with Crippen molar-refractivity contribution in [3.8, 4) is 0 Å². The van der Waals surface area contributed by atoms with Crippen LogP contribution in [0.5, 0.6) is 0 Å². The Morgan fingerprint density at radius 1 is 1.15 bits per heavy atom. The number of aromatic nitrogens is 2. The number of halogens is 2. The molecule has 0 unspecified atom stereocenters. The zero-order valence-electron chi connectivity index (χ0n) is 11.2. The van der Waals surface area contributed by atoms with Gasteiger partial charge in [0, 0.05) is 18.4 Å². The molecule has 106 valence electrons. The third-order valence-corrected chi connectivity index (χ3v) is 3.40. The quantitative estimate of drug-likeness (QED) is 0.757. The second-order valence-corrected chi connectivity index (χ2v) is 5.11. The number of nitrogens with one attached hydrogen (secondary N) is 2. The minimum Gasteiger partial charge on any atom is -0.354 e. The molecular weight excluding hydrogens is 295 g/mol. The Hall–Kier alpha value is -1.52. The van der Waals surface area contributed by atoms with E-state index in [1.165, 1.54) is 0 Å². The van der Waals surface area contributed by atoms with E-state index in [0.717, 1.165) is 25.1 Å². The van der Waals surface area contributed by atoms with Crippen molar-refractivity contribution in [1.82, 2.24) is 9.97 Å². The normalized spacial score (nSPS) is 10.3. The van der Waals surface area contributed by atoms with Gasteiger partial charge in [-0.15, -0.1) is 0 Å². The van der Waals surface area contributed by atoms with E-state index < -0.39 is 0 Å². The van der Waals surface area contributed by atoms with Crippen molar-refractivity contribution in [3.05, 3.63) is 40.5 Å². The Labute approximate surface area is 128 Å². The highest BCUT2D eigenvalue weighted by molar-refractivity contribution is 6.42. The van der Waals surface area contributed by atoms with Gasteiger partial charge in [0.05, 0.1) is 10.0 Å². The van der Waals surface area contributed by atoms with Crippen LogP contribution in [0.1, 0.15) is 19.8 Å². The summed E-state index contributed by atoms with van der Waals surface area (Å²) in [4.78, 5) is 8.56. The summed E-state index contributed by atoms with van der Waals surface area (Å²) < 4.78 is 0. The second-order valence-electron chi connectivity index (χ2n) is 4.30. The van der Waals surface area contributed by atoms with E-state index in [4.69, 9.17) is 23.2 Å². The number of rotatable bonds is 6. The molecule has 0 fully saturated rings. The van der Waals surface area contributed by atoms with E-state index in [1.54, 1.807) is 24.4 Å². The molecule has 0 bridgehead atoms. The number of hydrogen-bond acceptors (Lipinski definition) is 4. The first-order chi connectivity index (χ1) is 9.69. The maximum Gasteiger partial charge on any atom is 0.224 e. The first kappa shape index (κ1) is 14.9. The number of benzene rings is 1. The number of hydrogen-bond donors (Lipinski definition) is 2. The monoisotopic (exact) mass is 310 g/mol. The van der Waals surface area contributed by atoms with Gasteiger partial charge in [-0.1, -0.05) is 36.5 Å². The molecule has 0 aliphatic carbocycles. The maximum atomic E-state index is 5.98. The molecule has 0 spiro atoms. The van der Waals surface area contributed by atoms with Crippen molar-refractivity contribution in [2.45, 2.75) is 19.8 Å². The van der Waals surface area contributed by atoms with Gasteiger partial charge in [-0.2, -0.15) is 4.98 Å². The van der Waals surface area contributed by atoms with E-state index in [1.807, 2.05) is 6.07 Å². The Kier molecular flexibility index (Phi) is 5.44. The Morgan fingerprint density at radius 2 is 2.00 bits per heavy atom. The van der Waals surface area contributed by atoms with Gasteiger partial charge in [0.2, 0.25) is 5.95 Å². The lowest BCUT2D eigenvalue weighted by Crippen LogP contribution is -2.06. The van der Waals surface area contributed by atoms with Gasteiger partial charge < -0.3 is 10.6 Å². The number of nitrogens with zero attached hydrogens (tertiary/aromatic N) is 2. The molecule has 20 heavy (non-hydrogen) atoms. The van der Waals surface area contributed by atoms with Crippen LogP contribution in [0.3, 0.4) is 0 Å². The van der Waals surface area contributed by atoms with Crippen molar-refractivity contribution >= 4 is 40.7 Å². The first-order valence-corrected chi connectivity index (χ1v) is 7.23. The minimum absolute atomic E-state index is 0.506. The molecule has 1 aromatic carbocycles. The van der Waals surface area contributed by atoms with Crippen molar-refractivity contribution in [2.24, 2.45) is 0 Å². The van der Waals surface area contributed by atoms with Gasteiger partial charge in [0.15, 0.2) is 0 Å². The molecule has 0 atom stereocenters. The van der Waals surface area contributed by atoms with Gasteiger partial charge >= 0.3 is 0 Å². The summed E-state index contributed by atoms with van der Waals surface area (Å²) >= 11 is 11.9. The molecule has 0 saturated carbocycles. The molecule has 2 aromatic rings. The van der Waals surface area contributed by atoms with Crippen LogP contribution < -0.4 is 10.6 Å². The molecule has 6 heteroatoms. The van der Waals surface area contributed by atoms with Gasteiger partial charge in [-0.05, 0) is 30.7 Å². The average molecular weight is 311 g/mol. The molecule has 1 aromatic heterocycles. The fourth-order valence-electron chi connectivity index (χ4n) is 1.61. The van der Waals surface area contributed by atoms with Crippen molar-refractivity contribution < 1.29 is 0 Å². The third-order valence-electron chi connectivity index (χ3n) is 2.66. The molecule has 0 aliphatic rings. The van der Waals surface area contributed by atoms with Crippen LogP contribution in [0.2, 0.25) is 10.0 Å². The molecular formula is C14H16Cl2N4. The van der Waals surface area contributed by atoms with Crippen molar-refractivity contribution in [2.75, 3.05) is 17.2 Å². The van der Waals surface area contributed by atoms with Crippen molar-refractivity contribution in [1.29, 1.82) is 0 Å². The highest BCUT2D eigenvalue weighted by atomic mass is 35.5. The van der Waals surface area contributed by atoms with Crippen LogP contribution in [-0.4, -0.2) is 16.5 Å². The van der Waals surface area contributed by atoms with Gasteiger partial charge in [0.25, 0.3) is 0 Å². The summed E-state index contributed by atoms with van der Waals surface area (Å²) in [5.41, 5.74) is 0.831.